The van der Waals surface area contributed by atoms with E-state index >= 15 is 0 Å². The van der Waals surface area contributed by atoms with Gasteiger partial charge in [0.05, 0.1) is 0 Å². The van der Waals surface area contributed by atoms with Gasteiger partial charge in [-0.1, -0.05) is 23.8 Å². The number of benzene rings is 1. The predicted molar refractivity (Wildman–Crippen MR) is 53.5 cm³/mol. The molecule has 0 heterocycles. The van der Waals surface area contributed by atoms with Crippen molar-refractivity contribution in [2.24, 2.45) is 0 Å². The Morgan fingerprint density at radius 3 is 2.86 bits per heavy atom. The van der Waals surface area contributed by atoms with E-state index in [0.717, 1.165) is 12.8 Å². The van der Waals surface area contributed by atoms with Gasteiger partial charge >= 0.3 is 6.09 Å². The van der Waals surface area contributed by atoms with Crippen LogP contribution >= 0.6 is 0 Å². The summed E-state index contributed by atoms with van der Waals surface area (Å²) in [4.78, 5) is 10.5. The van der Waals surface area contributed by atoms with E-state index in [4.69, 9.17) is 5.11 Å². The lowest BCUT2D eigenvalue weighted by Crippen LogP contribution is -2.33. The third kappa shape index (κ3) is 1.71. The summed E-state index contributed by atoms with van der Waals surface area (Å²) in [7, 11) is 0. The molecular weight excluding hydrogens is 178 g/mol. The smallest absolute Gasteiger partial charge is 0.404 e. The molecule has 0 spiro atoms. The molecule has 1 unspecified atom stereocenters. The van der Waals surface area contributed by atoms with E-state index in [0.29, 0.717) is 0 Å². The van der Waals surface area contributed by atoms with Gasteiger partial charge < -0.3 is 10.4 Å². The fraction of sp³-hybridized carbons (Fsp3) is 0.364. The third-order valence-corrected chi connectivity index (χ3v) is 2.62. The number of hydrogen-bond donors (Lipinski definition) is 2. The standard InChI is InChI=1S/C11H13NO2/c1-7-2-3-8-5-10(12-11(13)14)6-9(8)4-7/h2-4,10,12H,5-6H2,1H3,(H,13,14). The molecule has 0 radical (unpaired) electrons. The van der Waals surface area contributed by atoms with Crippen molar-refractivity contribution in [3.05, 3.63) is 34.9 Å². The first-order valence-corrected chi connectivity index (χ1v) is 4.73. The predicted octanol–water partition coefficient (Wildman–Crippen LogP) is 1.73. The molecule has 2 N–H and O–H groups in total. The molecule has 1 atom stereocenters. The second kappa shape index (κ2) is 3.33. The maximum absolute atomic E-state index is 10.5. The summed E-state index contributed by atoms with van der Waals surface area (Å²) in [6.07, 6.45) is 0.713. The zero-order valence-electron chi connectivity index (χ0n) is 8.08. The molecule has 0 saturated heterocycles. The fourth-order valence-corrected chi connectivity index (χ4v) is 2.02. The molecule has 14 heavy (non-hydrogen) atoms. The van der Waals surface area contributed by atoms with Gasteiger partial charge in [0, 0.05) is 6.04 Å². The molecule has 2 rings (SSSR count). The molecule has 3 heteroatoms. The van der Waals surface area contributed by atoms with Crippen molar-refractivity contribution in [3.8, 4) is 0 Å². The summed E-state index contributed by atoms with van der Waals surface area (Å²) in [6, 6.07) is 6.36. The van der Waals surface area contributed by atoms with Crippen LogP contribution in [0.1, 0.15) is 16.7 Å². The summed E-state index contributed by atoms with van der Waals surface area (Å²) in [6.45, 7) is 2.05. The van der Waals surface area contributed by atoms with Crippen LogP contribution in [0.2, 0.25) is 0 Å². The molecule has 1 aliphatic carbocycles. The van der Waals surface area contributed by atoms with Crippen molar-refractivity contribution in [3.63, 3.8) is 0 Å². The molecule has 0 aliphatic heterocycles. The van der Waals surface area contributed by atoms with E-state index in [2.05, 4.69) is 30.4 Å². The highest BCUT2D eigenvalue weighted by molar-refractivity contribution is 5.65. The molecule has 0 aromatic heterocycles. The van der Waals surface area contributed by atoms with Crippen LogP contribution in [0.3, 0.4) is 0 Å². The Bertz CT molecular complexity index is 374. The molecule has 1 amide bonds. The number of aryl methyl sites for hydroxylation is 1. The van der Waals surface area contributed by atoms with E-state index in [1.165, 1.54) is 16.7 Å². The Labute approximate surface area is 82.8 Å². The van der Waals surface area contributed by atoms with E-state index in [1.807, 2.05) is 0 Å². The highest BCUT2D eigenvalue weighted by atomic mass is 16.4. The van der Waals surface area contributed by atoms with Crippen molar-refractivity contribution in [1.29, 1.82) is 0 Å². The molecule has 0 saturated carbocycles. The largest absolute Gasteiger partial charge is 0.465 e. The normalized spacial score (nSPS) is 19.1. The monoisotopic (exact) mass is 191 g/mol. The molecule has 74 valence electrons. The van der Waals surface area contributed by atoms with Gasteiger partial charge in [-0.15, -0.1) is 0 Å². The van der Waals surface area contributed by atoms with Crippen LogP contribution in [0, 0.1) is 6.92 Å². The minimum Gasteiger partial charge on any atom is -0.465 e. The van der Waals surface area contributed by atoms with Crippen molar-refractivity contribution in [1.82, 2.24) is 5.32 Å². The number of hydrogen-bond acceptors (Lipinski definition) is 1. The van der Waals surface area contributed by atoms with Crippen LogP contribution < -0.4 is 5.32 Å². The third-order valence-electron chi connectivity index (χ3n) is 2.62. The van der Waals surface area contributed by atoms with E-state index in [9.17, 15) is 4.79 Å². The topological polar surface area (TPSA) is 49.3 Å². The second-order valence-corrected chi connectivity index (χ2v) is 3.83. The van der Waals surface area contributed by atoms with Gasteiger partial charge in [0.1, 0.15) is 0 Å². The van der Waals surface area contributed by atoms with Gasteiger partial charge in [-0.25, -0.2) is 4.79 Å². The van der Waals surface area contributed by atoms with E-state index in [-0.39, 0.29) is 6.04 Å². The Balaban J connectivity index is 2.14. The first-order valence-electron chi connectivity index (χ1n) is 4.73. The summed E-state index contributed by atoms with van der Waals surface area (Å²) in [5, 5.41) is 11.1. The zero-order valence-corrected chi connectivity index (χ0v) is 8.08. The van der Waals surface area contributed by atoms with Crippen molar-refractivity contribution >= 4 is 6.09 Å². The molecule has 3 nitrogen and oxygen atoms in total. The SMILES string of the molecule is Cc1ccc2c(c1)CC(NC(=O)O)C2. The summed E-state index contributed by atoms with van der Waals surface area (Å²) in [5.74, 6) is 0. The Morgan fingerprint density at radius 2 is 2.14 bits per heavy atom. The van der Waals surface area contributed by atoms with Gasteiger partial charge in [-0.05, 0) is 30.9 Å². The summed E-state index contributed by atoms with van der Waals surface area (Å²) in [5.41, 5.74) is 3.79. The van der Waals surface area contributed by atoms with Crippen LogP contribution in [0.15, 0.2) is 18.2 Å². The van der Waals surface area contributed by atoms with Crippen LogP contribution in [-0.4, -0.2) is 17.2 Å². The average Bonchev–Trinajstić information content (AvgIpc) is 2.44. The maximum atomic E-state index is 10.5. The molecular formula is C11H13NO2. The highest BCUT2D eigenvalue weighted by Gasteiger charge is 2.22. The number of rotatable bonds is 1. The van der Waals surface area contributed by atoms with Crippen molar-refractivity contribution in [2.75, 3.05) is 0 Å². The molecule has 1 aromatic rings. The van der Waals surface area contributed by atoms with Crippen molar-refractivity contribution in [2.45, 2.75) is 25.8 Å². The van der Waals surface area contributed by atoms with Gasteiger partial charge in [-0.2, -0.15) is 0 Å². The lowest BCUT2D eigenvalue weighted by Gasteiger charge is -2.07. The maximum Gasteiger partial charge on any atom is 0.404 e. The van der Waals surface area contributed by atoms with Crippen LogP contribution in [0.25, 0.3) is 0 Å². The number of carboxylic acid groups (broad SMARTS) is 1. The van der Waals surface area contributed by atoms with Gasteiger partial charge in [-0.3, -0.25) is 0 Å². The first kappa shape index (κ1) is 9.06. The fourth-order valence-electron chi connectivity index (χ4n) is 2.02. The highest BCUT2D eigenvalue weighted by Crippen LogP contribution is 2.23. The van der Waals surface area contributed by atoms with Crippen LogP contribution in [0.5, 0.6) is 0 Å². The molecule has 1 aliphatic rings. The lowest BCUT2D eigenvalue weighted by atomic mass is 10.1. The van der Waals surface area contributed by atoms with Gasteiger partial charge in [0.15, 0.2) is 0 Å². The summed E-state index contributed by atoms with van der Waals surface area (Å²) < 4.78 is 0. The van der Waals surface area contributed by atoms with E-state index < -0.39 is 6.09 Å². The van der Waals surface area contributed by atoms with Gasteiger partial charge in [0.2, 0.25) is 0 Å². The lowest BCUT2D eigenvalue weighted by molar-refractivity contribution is 0.190. The Kier molecular flexibility index (Phi) is 2.15. The summed E-state index contributed by atoms with van der Waals surface area (Å²) >= 11 is 0. The zero-order chi connectivity index (χ0) is 10.1. The molecule has 1 aromatic carbocycles. The van der Waals surface area contributed by atoms with E-state index in [1.54, 1.807) is 0 Å². The Hall–Kier alpha value is -1.51. The minimum absolute atomic E-state index is 0.0595. The van der Waals surface area contributed by atoms with Crippen molar-refractivity contribution < 1.29 is 9.90 Å². The van der Waals surface area contributed by atoms with Crippen LogP contribution in [-0.2, 0) is 12.8 Å². The number of nitrogens with one attached hydrogen (secondary N) is 1. The Morgan fingerprint density at radius 1 is 1.43 bits per heavy atom. The quantitative estimate of drug-likeness (QED) is 0.710. The molecule has 0 bridgehead atoms. The van der Waals surface area contributed by atoms with Gasteiger partial charge in [0.25, 0.3) is 0 Å². The average molecular weight is 191 g/mol. The number of amides is 1. The second-order valence-electron chi connectivity index (χ2n) is 3.83. The minimum atomic E-state index is -0.931. The first-order chi connectivity index (χ1) is 6.65. The number of fused-ring (bicyclic) bond motifs is 1. The number of carbonyl (C=O) groups is 1. The molecule has 0 fully saturated rings. The van der Waals surface area contributed by atoms with Crippen LogP contribution in [0.4, 0.5) is 4.79 Å².